The molecular weight excluding hydrogens is 280 g/mol. The van der Waals surface area contributed by atoms with Gasteiger partial charge in [0, 0.05) is 11.1 Å². The number of aromatic hydroxyl groups is 2. The summed E-state index contributed by atoms with van der Waals surface area (Å²) in [5.74, 6) is -1.73. The Morgan fingerprint density at radius 1 is 0.818 bits per heavy atom. The van der Waals surface area contributed by atoms with Crippen LogP contribution in [0.1, 0.15) is 5.56 Å². The molecule has 0 aromatic heterocycles. The molecule has 0 saturated heterocycles. The van der Waals surface area contributed by atoms with E-state index in [1.54, 1.807) is 12.1 Å². The van der Waals surface area contributed by atoms with Gasteiger partial charge in [-0.25, -0.2) is 0 Å². The van der Waals surface area contributed by atoms with Crippen molar-refractivity contribution in [3.8, 4) is 22.6 Å². The highest BCUT2D eigenvalue weighted by atomic mass is 16.4. The van der Waals surface area contributed by atoms with Gasteiger partial charge < -0.3 is 15.3 Å². The predicted octanol–water partition coefficient (Wildman–Crippen LogP) is 3.55. The van der Waals surface area contributed by atoms with Crippen LogP contribution in [-0.2, 0) is 11.2 Å². The zero-order valence-electron chi connectivity index (χ0n) is 11.7. The van der Waals surface area contributed by atoms with Crippen LogP contribution in [0.15, 0.2) is 54.6 Å². The first-order valence-corrected chi connectivity index (χ1v) is 6.82. The first kappa shape index (κ1) is 13.9. The van der Waals surface area contributed by atoms with Gasteiger partial charge in [0.1, 0.15) is 0 Å². The largest absolute Gasteiger partial charge is 0.504 e. The molecule has 0 saturated carbocycles. The van der Waals surface area contributed by atoms with Crippen LogP contribution in [-0.4, -0.2) is 21.3 Å². The number of fused-ring (bicyclic) bond motifs is 1. The summed E-state index contributed by atoms with van der Waals surface area (Å²) in [6.45, 7) is 0. The minimum Gasteiger partial charge on any atom is -0.504 e. The minimum absolute atomic E-state index is 0.222. The Morgan fingerprint density at radius 3 is 2.05 bits per heavy atom. The number of carboxylic acids is 1. The van der Waals surface area contributed by atoms with E-state index in [0.29, 0.717) is 16.3 Å². The van der Waals surface area contributed by atoms with E-state index in [0.717, 1.165) is 5.56 Å². The highest BCUT2D eigenvalue weighted by Gasteiger charge is 2.20. The molecule has 0 radical (unpaired) electrons. The van der Waals surface area contributed by atoms with Gasteiger partial charge in [0.2, 0.25) is 0 Å². The standard InChI is InChI=1S/C18H14O4/c19-15(20)10-14-12-8-4-5-9-13(12)16(18(22)17(14)21)11-6-2-1-3-7-11/h1-9,21-22H,10H2,(H,19,20). The summed E-state index contributed by atoms with van der Waals surface area (Å²) < 4.78 is 0. The average Bonchev–Trinajstić information content (AvgIpc) is 2.53. The molecule has 4 heteroatoms. The lowest BCUT2D eigenvalue weighted by Crippen LogP contribution is -2.02. The highest BCUT2D eigenvalue weighted by Crippen LogP contribution is 2.45. The Labute approximate surface area is 126 Å². The predicted molar refractivity (Wildman–Crippen MR) is 84.1 cm³/mol. The number of benzene rings is 3. The molecule has 3 N–H and O–H groups in total. The smallest absolute Gasteiger partial charge is 0.307 e. The number of rotatable bonds is 3. The molecule has 0 spiro atoms. The summed E-state index contributed by atoms with van der Waals surface area (Å²) in [5.41, 5.74) is 1.48. The van der Waals surface area contributed by atoms with E-state index < -0.39 is 5.97 Å². The van der Waals surface area contributed by atoms with Crippen LogP contribution < -0.4 is 0 Å². The number of aliphatic carboxylic acids is 1. The maximum Gasteiger partial charge on any atom is 0.307 e. The number of phenolic OH excluding ortho intramolecular Hbond substituents is 2. The van der Waals surface area contributed by atoms with Crippen LogP contribution >= 0.6 is 0 Å². The quantitative estimate of drug-likeness (QED) is 0.646. The Balaban J connectivity index is 2.40. The van der Waals surface area contributed by atoms with Crippen molar-refractivity contribution < 1.29 is 20.1 Å². The summed E-state index contributed by atoms with van der Waals surface area (Å²) in [7, 11) is 0. The first-order chi connectivity index (χ1) is 10.6. The van der Waals surface area contributed by atoms with Crippen LogP contribution in [0.3, 0.4) is 0 Å². The molecule has 4 nitrogen and oxygen atoms in total. The van der Waals surface area contributed by atoms with E-state index in [4.69, 9.17) is 5.11 Å². The highest BCUT2D eigenvalue weighted by molar-refractivity contribution is 6.04. The molecule has 0 aliphatic heterocycles. The lowest BCUT2D eigenvalue weighted by Gasteiger charge is -2.15. The number of phenols is 2. The van der Waals surface area contributed by atoms with Crippen molar-refractivity contribution in [3.05, 3.63) is 60.2 Å². The fraction of sp³-hybridized carbons (Fsp3) is 0.0556. The van der Waals surface area contributed by atoms with Crippen LogP contribution in [0.25, 0.3) is 21.9 Å². The van der Waals surface area contributed by atoms with Crippen molar-refractivity contribution in [2.75, 3.05) is 0 Å². The number of carboxylic acid groups (broad SMARTS) is 1. The lowest BCUT2D eigenvalue weighted by atomic mass is 9.92. The molecule has 0 heterocycles. The Hall–Kier alpha value is -3.01. The minimum atomic E-state index is -1.06. The van der Waals surface area contributed by atoms with Gasteiger partial charge in [-0.1, -0.05) is 54.6 Å². The lowest BCUT2D eigenvalue weighted by molar-refractivity contribution is -0.136. The van der Waals surface area contributed by atoms with Gasteiger partial charge in [0.15, 0.2) is 11.5 Å². The van der Waals surface area contributed by atoms with Crippen molar-refractivity contribution in [1.29, 1.82) is 0 Å². The fourth-order valence-corrected chi connectivity index (χ4v) is 2.71. The van der Waals surface area contributed by atoms with E-state index in [2.05, 4.69) is 0 Å². The third-order valence-corrected chi connectivity index (χ3v) is 3.66. The van der Waals surface area contributed by atoms with Gasteiger partial charge in [-0.05, 0) is 16.3 Å². The topological polar surface area (TPSA) is 77.8 Å². The van der Waals surface area contributed by atoms with Crippen molar-refractivity contribution in [2.24, 2.45) is 0 Å². The van der Waals surface area contributed by atoms with E-state index in [9.17, 15) is 15.0 Å². The van der Waals surface area contributed by atoms with E-state index in [-0.39, 0.29) is 23.5 Å². The van der Waals surface area contributed by atoms with Gasteiger partial charge in [-0.3, -0.25) is 4.79 Å². The second kappa shape index (κ2) is 5.41. The summed E-state index contributed by atoms with van der Waals surface area (Å²) in [5, 5.41) is 31.0. The summed E-state index contributed by atoms with van der Waals surface area (Å²) in [6.07, 6.45) is -0.352. The van der Waals surface area contributed by atoms with Gasteiger partial charge in [-0.2, -0.15) is 0 Å². The zero-order chi connectivity index (χ0) is 15.7. The van der Waals surface area contributed by atoms with Crippen LogP contribution in [0, 0.1) is 0 Å². The van der Waals surface area contributed by atoms with Crippen molar-refractivity contribution >= 4 is 16.7 Å². The molecule has 3 rings (SSSR count). The Bertz CT molecular complexity index is 854. The number of hydrogen-bond acceptors (Lipinski definition) is 3. The van der Waals surface area contributed by atoms with Crippen molar-refractivity contribution in [1.82, 2.24) is 0 Å². The molecule has 3 aromatic carbocycles. The number of carbonyl (C=O) groups is 1. The first-order valence-electron chi connectivity index (χ1n) is 6.82. The molecule has 0 atom stereocenters. The van der Waals surface area contributed by atoms with Gasteiger partial charge >= 0.3 is 5.97 Å². The molecular formula is C18H14O4. The maximum absolute atomic E-state index is 11.0. The van der Waals surface area contributed by atoms with Crippen LogP contribution in [0.5, 0.6) is 11.5 Å². The van der Waals surface area contributed by atoms with E-state index >= 15 is 0 Å². The molecule has 22 heavy (non-hydrogen) atoms. The Kier molecular flexibility index (Phi) is 3.43. The molecule has 0 unspecified atom stereocenters. The second-order valence-electron chi connectivity index (χ2n) is 5.03. The SMILES string of the molecule is O=C(O)Cc1c(O)c(O)c(-c2ccccc2)c2ccccc12. The molecule has 3 aromatic rings. The second-order valence-corrected chi connectivity index (χ2v) is 5.03. The third kappa shape index (κ3) is 2.24. The third-order valence-electron chi connectivity index (χ3n) is 3.66. The fourth-order valence-electron chi connectivity index (χ4n) is 2.71. The molecule has 0 fully saturated rings. The van der Waals surface area contributed by atoms with Gasteiger partial charge in [-0.15, -0.1) is 0 Å². The normalized spacial score (nSPS) is 10.7. The summed E-state index contributed by atoms with van der Waals surface area (Å²) in [6, 6.07) is 16.4. The van der Waals surface area contributed by atoms with Gasteiger partial charge in [0.25, 0.3) is 0 Å². The molecule has 0 bridgehead atoms. The van der Waals surface area contributed by atoms with E-state index in [1.165, 1.54) is 0 Å². The monoisotopic (exact) mass is 294 g/mol. The summed E-state index contributed by atoms with van der Waals surface area (Å²) in [4.78, 5) is 11.0. The maximum atomic E-state index is 11.0. The molecule has 0 aliphatic carbocycles. The van der Waals surface area contributed by atoms with Crippen LogP contribution in [0.2, 0.25) is 0 Å². The molecule has 110 valence electrons. The molecule has 0 aliphatic rings. The number of hydrogen-bond donors (Lipinski definition) is 3. The average molecular weight is 294 g/mol. The Morgan fingerprint density at radius 2 is 1.41 bits per heavy atom. The van der Waals surface area contributed by atoms with Crippen LogP contribution in [0.4, 0.5) is 0 Å². The zero-order valence-corrected chi connectivity index (χ0v) is 11.7. The van der Waals surface area contributed by atoms with Crippen molar-refractivity contribution in [2.45, 2.75) is 6.42 Å². The summed E-state index contributed by atoms with van der Waals surface area (Å²) >= 11 is 0. The van der Waals surface area contributed by atoms with Gasteiger partial charge in [0.05, 0.1) is 6.42 Å². The van der Waals surface area contributed by atoms with Crippen molar-refractivity contribution in [3.63, 3.8) is 0 Å². The van der Waals surface area contributed by atoms with E-state index in [1.807, 2.05) is 42.5 Å². The molecule has 0 amide bonds.